The standard InChI is InChI=1S/C16H27NOS/c1-13-6-9-16(18-3,10-7-13)15(17-2)5-4-14-8-11-19-12-14/h8,11-13,15,17H,4-7,9-10H2,1-3H3. The second-order valence-electron chi connectivity index (χ2n) is 5.96. The van der Waals surface area contributed by atoms with Gasteiger partial charge in [-0.2, -0.15) is 11.3 Å². The van der Waals surface area contributed by atoms with Crippen LogP contribution in [0, 0.1) is 5.92 Å². The van der Waals surface area contributed by atoms with E-state index in [1.165, 1.54) is 31.2 Å². The van der Waals surface area contributed by atoms with Gasteiger partial charge in [0.05, 0.1) is 5.60 Å². The van der Waals surface area contributed by atoms with E-state index < -0.39 is 0 Å². The average Bonchev–Trinajstić information content (AvgIpc) is 2.95. The Kier molecular flexibility index (Phi) is 5.43. The lowest BCUT2D eigenvalue weighted by atomic mass is 9.74. The van der Waals surface area contributed by atoms with Crippen LogP contribution >= 0.6 is 11.3 Å². The zero-order valence-corrected chi connectivity index (χ0v) is 13.3. The van der Waals surface area contributed by atoms with Gasteiger partial charge in [0.1, 0.15) is 0 Å². The molecule has 108 valence electrons. The lowest BCUT2D eigenvalue weighted by Crippen LogP contribution is -2.53. The molecule has 1 N–H and O–H groups in total. The lowest BCUT2D eigenvalue weighted by molar-refractivity contribution is -0.0748. The van der Waals surface area contributed by atoms with Crippen molar-refractivity contribution >= 4 is 11.3 Å². The monoisotopic (exact) mass is 281 g/mol. The molecule has 2 rings (SSSR count). The smallest absolute Gasteiger partial charge is 0.0831 e. The number of methoxy groups -OCH3 is 1. The third kappa shape index (κ3) is 3.59. The summed E-state index contributed by atoms with van der Waals surface area (Å²) < 4.78 is 5.99. The number of rotatable bonds is 6. The fourth-order valence-corrected chi connectivity index (χ4v) is 4.07. The molecule has 1 aliphatic carbocycles. The third-order valence-electron chi connectivity index (χ3n) is 4.81. The summed E-state index contributed by atoms with van der Waals surface area (Å²) in [6.45, 7) is 2.36. The molecule has 1 unspecified atom stereocenters. The van der Waals surface area contributed by atoms with Gasteiger partial charge in [0.15, 0.2) is 0 Å². The van der Waals surface area contributed by atoms with E-state index >= 15 is 0 Å². The summed E-state index contributed by atoms with van der Waals surface area (Å²) in [5.74, 6) is 0.859. The fraction of sp³-hybridized carbons (Fsp3) is 0.750. The fourth-order valence-electron chi connectivity index (χ4n) is 3.36. The SMILES string of the molecule is CNC(CCc1ccsc1)C1(OC)CCC(C)CC1. The molecule has 1 saturated carbocycles. The molecule has 1 aromatic rings. The Morgan fingerprint density at radius 1 is 1.47 bits per heavy atom. The van der Waals surface area contributed by atoms with Gasteiger partial charge in [0, 0.05) is 13.2 Å². The van der Waals surface area contributed by atoms with Crippen LogP contribution in [-0.4, -0.2) is 25.8 Å². The molecule has 2 nitrogen and oxygen atoms in total. The molecule has 0 bridgehead atoms. The molecule has 0 amide bonds. The van der Waals surface area contributed by atoms with Crippen LogP contribution in [0.1, 0.15) is 44.6 Å². The highest BCUT2D eigenvalue weighted by Crippen LogP contribution is 2.38. The molecule has 19 heavy (non-hydrogen) atoms. The van der Waals surface area contributed by atoms with Crippen LogP contribution in [0.3, 0.4) is 0 Å². The number of nitrogens with one attached hydrogen (secondary N) is 1. The first-order valence-electron chi connectivity index (χ1n) is 7.43. The molecule has 0 spiro atoms. The van der Waals surface area contributed by atoms with Gasteiger partial charge in [-0.1, -0.05) is 6.92 Å². The molecule has 1 heterocycles. The first-order valence-corrected chi connectivity index (χ1v) is 8.38. The number of hydrogen-bond acceptors (Lipinski definition) is 3. The number of likely N-dealkylation sites (N-methyl/N-ethyl adjacent to an activating group) is 1. The molecular formula is C16H27NOS. The van der Waals surface area contributed by atoms with Gasteiger partial charge < -0.3 is 10.1 Å². The molecule has 1 aromatic heterocycles. The van der Waals surface area contributed by atoms with E-state index in [1.807, 2.05) is 7.11 Å². The van der Waals surface area contributed by atoms with Crippen LogP contribution in [-0.2, 0) is 11.2 Å². The summed E-state index contributed by atoms with van der Waals surface area (Å²) in [7, 11) is 3.97. The number of hydrogen-bond donors (Lipinski definition) is 1. The van der Waals surface area contributed by atoms with Crippen molar-refractivity contribution in [2.24, 2.45) is 5.92 Å². The maximum atomic E-state index is 5.99. The minimum Gasteiger partial charge on any atom is -0.377 e. The third-order valence-corrected chi connectivity index (χ3v) is 5.54. The van der Waals surface area contributed by atoms with Gasteiger partial charge in [0.2, 0.25) is 0 Å². The zero-order chi connectivity index (χ0) is 13.7. The van der Waals surface area contributed by atoms with Gasteiger partial charge in [0.25, 0.3) is 0 Å². The van der Waals surface area contributed by atoms with Crippen LogP contribution in [0.2, 0.25) is 0 Å². The summed E-state index contributed by atoms with van der Waals surface area (Å²) in [5.41, 5.74) is 1.51. The predicted molar refractivity (Wildman–Crippen MR) is 82.9 cm³/mol. The molecule has 1 fully saturated rings. The van der Waals surface area contributed by atoms with Gasteiger partial charge in [-0.25, -0.2) is 0 Å². The minimum absolute atomic E-state index is 0.0529. The Hall–Kier alpha value is -0.380. The predicted octanol–water partition coefficient (Wildman–Crippen LogP) is 3.86. The van der Waals surface area contributed by atoms with Gasteiger partial charge in [-0.05, 0) is 73.9 Å². The summed E-state index contributed by atoms with van der Waals surface area (Å²) in [4.78, 5) is 0. The van der Waals surface area contributed by atoms with Crippen LogP contribution in [0.5, 0.6) is 0 Å². The van der Waals surface area contributed by atoms with Crippen molar-refractivity contribution in [3.05, 3.63) is 22.4 Å². The first kappa shape index (κ1) is 15.0. The van der Waals surface area contributed by atoms with E-state index in [9.17, 15) is 0 Å². The van der Waals surface area contributed by atoms with Gasteiger partial charge in [-0.3, -0.25) is 0 Å². The quantitative estimate of drug-likeness (QED) is 0.855. The molecule has 0 radical (unpaired) electrons. The van der Waals surface area contributed by atoms with E-state index in [-0.39, 0.29) is 5.60 Å². The Morgan fingerprint density at radius 2 is 2.21 bits per heavy atom. The van der Waals surface area contributed by atoms with E-state index in [0.29, 0.717) is 6.04 Å². The second kappa shape index (κ2) is 6.87. The molecule has 1 aliphatic rings. The van der Waals surface area contributed by atoms with Crippen LogP contribution in [0.4, 0.5) is 0 Å². The number of aryl methyl sites for hydroxylation is 1. The van der Waals surface area contributed by atoms with E-state index in [4.69, 9.17) is 4.74 Å². The average molecular weight is 281 g/mol. The van der Waals surface area contributed by atoms with Crippen molar-refractivity contribution < 1.29 is 4.74 Å². The highest BCUT2D eigenvalue weighted by atomic mass is 32.1. The Bertz CT molecular complexity index is 355. The highest BCUT2D eigenvalue weighted by molar-refractivity contribution is 7.07. The van der Waals surface area contributed by atoms with Crippen molar-refractivity contribution in [1.82, 2.24) is 5.32 Å². The van der Waals surface area contributed by atoms with Crippen LogP contribution in [0.15, 0.2) is 16.8 Å². The van der Waals surface area contributed by atoms with Crippen molar-refractivity contribution in [2.45, 2.75) is 57.1 Å². The van der Waals surface area contributed by atoms with Crippen molar-refractivity contribution in [3.63, 3.8) is 0 Å². The Morgan fingerprint density at radius 3 is 2.74 bits per heavy atom. The minimum atomic E-state index is 0.0529. The Labute approximate surface area is 121 Å². The summed E-state index contributed by atoms with van der Waals surface area (Å²) in [5, 5.41) is 7.94. The second-order valence-corrected chi connectivity index (χ2v) is 6.74. The molecule has 0 saturated heterocycles. The van der Waals surface area contributed by atoms with Gasteiger partial charge in [-0.15, -0.1) is 0 Å². The van der Waals surface area contributed by atoms with E-state index in [1.54, 1.807) is 11.3 Å². The number of ether oxygens (including phenoxy) is 1. The maximum absolute atomic E-state index is 5.99. The molecule has 3 heteroatoms. The van der Waals surface area contributed by atoms with Crippen molar-refractivity contribution in [2.75, 3.05) is 14.2 Å². The summed E-state index contributed by atoms with van der Waals surface area (Å²) >= 11 is 1.79. The van der Waals surface area contributed by atoms with Crippen LogP contribution in [0.25, 0.3) is 0 Å². The van der Waals surface area contributed by atoms with Gasteiger partial charge >= 0.3 is 0 Å². The normalized spacial score (nSPS) is 29.3. The van der Waals surface area contributed by atoms with Crippen molar-refractivity contribution in [1.29, 1.82) is 0 Å². The topological polar surface area (TPSA) is 21.3 Å². The molecule has 0 aromatic carbocycles. The Balaban J connectivity index is 1.97. The first-order chi connectivity index (χ1) is 9.20. The maximum Gasteiger partial charge on any atom is 0.0831 e. The van der Waals surface area contributed by atoms with Crippen LogP contribution < -0.4 is 5.32 Å². The summed E-state index contributed by atoms with van der Waals surface area (Å²) in [6, 6.07) is 2.70. The molecular weight excluding hydrogens is 254 g/mol. The lowest BCUT2D eigenvalue weighted by Gasteiger charge is -2.44. The zero-order valence-electron chi connectivity index (χ0n) is 12.4. The van der Waals surface area contributed by atoms with Crippen molar-refractivity contribution in [3.8, 4) is 0 Å². The number of thiophene rings is 1. The highest BCUT2D eigenvalue weighted by Gasteiger charge is 2.40. The largest absolute Gasteiger partial charge is 0.377 e. The molecule has 1 atom stereocenters. The summed E-state index contributed by atoms with van der Waals surface area (Å²) in [6.07, 6.45) is 7.29. The molecule has 0 aliphatic heterocycles. The van der Waals surface area contributed by atoms with E-state index in [2.05, 4.69) is 36.1 Å². The van der Waals surface area contributed by atoms with E-state index in [0.717, 1.165) is 18.8 Å².